The largest absolute Gasteiger partial charge is 0.393 e. The van der Waals surface area contributed by atoms with Gasteiger partial charge in [-0.25, -0.2) is 15.1 Å². The van der Waals surface area contributed by atoms with Crippen LogP contribution in [0, 0.1) is 5.92 Å². The first-order chi connectivity index (χ1) is 17.6. The van der Waals surface area contributed by atoms with Gasteiger partial charge in [-0.15, -0.1) is 11.3 Å². The van der Waals surface area contributed by atoms with Crippen molar-refractivity contribution in [2.45, 2.75) is 43.7 Å². The Bertz CT molecular complexity index is 1410. The van der Waals surface area contributed by atoms with Gasteiger partial charge in [-0.3, -0.25) is 4.18 Å². The fraction of sp³-hybridized carbons (Fsp3) is 0.391. The number of aliphatic hydroxyl groups excluding tert-OH is 2. The predicted molar refractivity (Wildman–Crippen MR) is 141 cm³/mol. The van der Waals surface area contributed by atoms with Crippen LogP contribution in [-0.4, -0.2) is 47.4 Å². The van der Waals surface area contributed by atoms with Crippen molar-refractivity contribution in [2.24, 2.45) is 11.1 Å². The van der Waals surface area contributed by atoms with Crippen LogP contribution in [0.5, 0.6) is 0 Å². The van der Waals surface area contributed by atoms with Crippen LogP contribution in [0.4, 0.5) is 5.82 Å². The number of aliphatic hydroxyl groups is 2. The second-order valence-corrected chi connectivity index (χ2v) is 12.5. The second kappa shape index (κ2) is 10.7. The summed E-state index contributed by atoms with van der Waals surface area (Å²) in [6.45, 7) is 0.482. The van der Waals surface area contributed by atoms with Crippen LogP contribution in [0.15, 0.2) is 36.8 Å². The molecule has 0 spiro atoms. The third kappa shape index (κ3) is 5.92. The highest BCUT2D eigenvalue weighted by Crippen LogP contribution is 2.43. The van der Waals surface area contributed by atoms with E-state index < -0.39 is 28.4 Å². The van der Waals surface area contributed by atoms with Crippen molar-refractivity contribution in [1.82, 2.24) is 15.3 Å². The van der Waals surface area contributed by atoms with Gasteiger partial charge in [0.1, 0.15) is 18.2 Å². The van der Waals surface area contributed by atoms with Crippen molar-refractivity contribution >= 4 is 50.7 Å². The molecule has 10 nitrogen and oxygen atoms in total. The molecule has 1 aromatic carbocycles. The standard InChI is InChI=1S/C23H25Cl2N5O5S2/c24-13-2-1-11-7-28-20(15(11)4-13)16-6-19(36-22(16)25)21(32)17-8-27-10-29-23(17)30-14-3-12(18(31)5-14)9-35-37(26,33)34/h1-2,4,6,8,10,12,14,18,20-21,28,31-32H,3,5,7,9H2,(H2,26,33,34)(H,27,29,30)/t12-,14-,18+,20?,21?/m1/s1. The lowest BCUT2D eigenvalue weighted by molar-refractivity contribution is 0.101. The number of nitrogens with one attached hydrogen (secondary N) is 2. The number of halogens is 2. The average molecular weight is 587 g/mol. The van der Waals surface area contributed by atoms with E-state index in [1.807, 2.05) is 24.3 Å². The summed E-state index contributed by atoms with van der Waals surface area (Å²) < 4.78 is 27.4. The molecular weight excluding hydrogens is 561 g/mol. The Morgan fingerprint density at radius 3 is 2.86 bits per heavy atom. The Balaban J connectivity index is 1.33. The third-order valence-corrected chi connectivity index (χ3v) is 8.85. The lowest BCUT2D eigenvalue weighted by atomic mass is 9.99. The fourth-order valence-corrected chi connectivity index (χ4v) is 6.82. The predicted octanol–water partition coefficient (Wildman–Crippen LogP) is 2.89. The fourth-order valence-electron chi connectivity index (χ4n) is 4.92. The molecule has 0 bridgehead atoms. The number of aromatic nitrogens is 2. The number of hydrogen-bond donors (Lipinski definition) is 5. The van der Waals surface area contributed by atoms with Gasteiger partial charge in [-0.05, 0) is 42.2 Å². The first-order valence-electron chi connectivity index (χ1n) is 11.5. The molecule has 37 heavy (non-hydrogen) atoms. The minimum atomic E-state index is -4.09. The maximum absolute atomic E-state index is 11.3. The van der Waals surface area contributed by atoms with Crippen molar-refractivity contribution < 1.29 is 22.8 Å². The van der Waals surface area contributed by atoms with Crippen LogP contribution in [0.2, 0.25) is 9.36 Å². The highest BCUT2D eigenvalue weighted by molar-refractivity contribution is 7.84. The van der Waals surface area contributed by atoms with E-state index in [1.54, 1.807) is 0 Å². The third-order valence-electron chi connectivity index (χ3n) is 6.71. The smallest absolute Gasteiger partial charge is 0.333 e. The summed E-state index contributed by atoms with van der Waals surface area (Å²) in [5.41, 5.74) is 3.51. The molecule has 1 saturated carbocycles. The Morgan fingerprint density at radius 1 is 1.27 bits per heavy atom. The van der Waals surface area contributed by atoms with E-state index in [9.17, 15) is 18.6 Å². The zero-order valence-corrected chi connectivity index (χ0v) is 22.5. The lowest BCUT2D eigenvalue weighted by Gasteiger charge is -2.18. The first-order valence-corrected chi connectivity index (χ1v) is 14.5. The Labute approximate surface area is 228 Å². The van der Waals surface area contributed by atoms with Gasteiger partial charge in [-0.2, -0.15) is 8.42 Å². The number of fused-ring (bicyclic) bond motifs is 1. The van der Waals surface area contributed by atoms with Gasteiger partial charge in [0, 0.05) is 45.7 Å². The minimum Gasteiger partial charge on any atom is -0.393 e. The zero-order chi connectivity index (χ0) is 26.3. The average Bonchev–Trinajstić information content (AvgIpc) is 3.53. The van der Waals surface area contributed by atoms with Crippen LogP contribution in [0.1, 0.15) is 52.1 Å². The summed E-state index contributed by atoms with van der Waals surface area (Å²) in [4.78, 5) is 9.01. The molecule has 1 fully saturated rings. The van der Waals surface area contributed by atoms with E-state index >= 15 is 0 Å². The maximum Gasteiger partial charge on any atom is 0.333 e. The molecule has 6 N–H and O–H groups in total. The molecule has 5 rings (SSSR count). The molecule has 0 radical (unpaired) electrons. The molecule has 5 atom stereocenters. The van der Waals surface area contributed by atoms with Crippen LogP contribution < -0.4 is 15.8 Å². The number of nitrogens with zero attached hydrogens (tertiary/aromatic N) is 2. The summed E-state index contributed by atoms with van der Waals surface area (Å²) >= 11 is 14.1. The number of rotatable bonds is 8. The minimum absolute atomic E-state index is 0.139. The molecule has 3 aromatic rings. The van der Waals surface area contributed by atoms with Crippen molar-refractivity contribution in [3.8, 4) is 0 Å². The van der Waals surface area contributed by atoms with Gasteiger partial charge >= 0.3 is 10.3 Å². The van der Waals surface area contributed by atoms with Gasteiger partial charge in [0.25, 0.3) is 0 Å². The second-order valence-electron chi connectivity index (χ2n) is 9.18. The molecule has 0 amide bonds. The van der Waals surface area contributed by atoms with Crippen molar-refractivity contribution in [2.75, 3.05) is 11.9 Å². The number of hydrogen-bond acceptors (Lipinski definition) is 10. The summed E-state index contributed by atoms with van der Waals surface area (Å²) in [7, 11) is -4.09. The molecule has 2 aliphatic rings. The van der Waals surface area contributed by atoms with Gasteiger partial charge in [0.2, 0.25) is 0 Å². The number of anilines is 1. The van der Waals surface area contributed by atoms with Gasteiger partial charge in [0.05, 0.1) is 23.1 Å². The van der Waals surface area contributed by atoms with Gasteiger partial charge in [-0.1, -0.05) is 29.3 Å². The SMILES string of the molecule is NS(=O)(=O)OC[C@H]1C[C@@H](Nc2ncncc2C(O)c2cc(C3NCc4ccc(Cl)cc43)c(Cl)s2)C[C@@H]1O. The van der Waals surface area contributed by atoms with E-state index in [0.29, 0.717) is 45.0 Å². The summed E-state index contributed by atoms with van der Waals surface area (Å²) in [6, 6.07) is 7.29. The molecule has 1 aliphatic heterocycles. The van der Waals surface area contributed by atoms with Crippen molar-refractivity contribution in [3.05, 3.63) is 73.3 Å². The summed E-state index contributed by atoms with van der Waals surface area (Å²) in [6.07, 6.45) is 1.85. The first kappa shape index (κ1) is 26.7. The lowest BCUT2D eigenvalue weighted by Crippen LogP contribution is -2.24. The molecule has 2 unspecified atom stereocenters. The monoisotopic (exact) mass is 585 g/mol. The van der Waals surface area contributed by atoms with Crippen LogP contribution in [-0.2, 0) is 21.0 Å². The van der Waals surface area contributed by atoms with Crippen LogP contribution in [0.25, 0.3) is 0 Å². The normalized spacial score (nSPS) is 24.2. The molecule has 3 heterocycles. The molecule has 198 valence electrons. The maximum atomic E-state index is 11.3. The topological polar surface area (TPSA) is 160 Å². The van der Waals surface area contributed by atoms with E-state index in [1.165, 1.54) is 23.9 Å². The highest BCUT2D eigenvalue weighted by Gasteiger charge is 2.35. The zero-order valence-electron chi connectivity index (χ0n) is 19.3. The van der Waals surface area contributed by atoms with Crippen molar-refractivity contribution in [3.63, 3.8) is 0 Å². The van der Waals surface area contributed by atoms with Gasteiger partial charge in [0.15, 0.2) is 0 Å². The van der Waals surface area contributed by atoms with Crippen LogP contribution >= 0.6 is 34.5 Å². The number of nitrogens with two attached hydrogens (primary N) is 1. The van der Waals surface area contributed by atoms with E-state index in [-0.39, 0.29) is 18.7 Å². The molecule has 14 heteroatoms. The summed E-state index contributed by atoms with van der Waals surface area (Å²) in [5, 5.41) is 33.9. The quantitative estimate of drug-likeness (QED) is 0.268. The molecule has 2 aromatic heterocycles. The van der Waals surface area contributed by atoms with Gasteiger partial charge < -0.3 is 20.8 Å². The van der Waals surface area contributed by atoms with E-state index in [2.05, 4.69) is 24.8 Å². The molecule has 1 aliphatic carbocycles. The van der Waals surface area contributed by atoms with Crippen LogP contribution in [0.3, 0.4) is 0 Å². The number of benzene rings is 1. The highest BCUT2D eigenvalue weighted by atomic mass is 35.5. The Kier molecular flexibility index (Phi) is 7.74. The molecule has 0 saturated heterocycles. The number of thiophene rings is 1. The molecular formula is C23H25Cl2N5O5S2. The Morgan fingerprint density at radius 2 is 2.08 bits per heavy atom. The van der Waals surface area contributed by atoms with E-state index in [4.69, 9.17) is 28.3 Å². The van der Waals surface area contributed by atoms with Crippen molar-refractivity contribution in [1.29, 1.82) is 0 Å². The Hall–Kier alpha value is -1.87. The van der Waals surface area contributed by atoms with E-state index in [0.717, 1.165) is 16.7 Å². The summed E-state index contributed by atoms with van der Waals surface area (Å²) in [5.74, 6) is -0.00473.